The number of rotatable bonds is 3. The van der Waals surface area contributed by atoms with E-state index in [2.05, 4.69) is 15.1 Å². The van der Waals surface area contributed by atoms with Crippen LogP contribution in [0.15, 0.2) is 24.5 Å². The van der Waals surface area contributed by atoms with E-state index in [-0.39, 0.29) is 11.9 Å². The van der Waals surface area contributed by atoms with Crippen LogP contribution in [0.25, 0.3) is 0 Å². The Bertz CT molecular complexity index is 609. The minimum atomic E-state index is -0.196. The molecule has 1 aliphatic rings. The Balaban J connectivity index is 1.89. The van der Waals surface area contributed by atoms with Crippen molar-refractivity contribution in [2.45, 2.75) is 26.1 Å². The maximum absolute atomic E-state index is 14.1. The van der Waals surface area contributed by atoms with Gasteiger partial charge in [0.05, 0.1) is 12.6 Å². The first kappa shape index (κ1) is 13.2. The van der Waals surface area contributed by atoms with Crippen LogP contribution in [0.3, 0.4) is 0 Å². The zero-order valence-electron chi connectivity index (χ0n) is 11.5. The first-order valence-electron chi connectivity index (χ1n) is 6.76. The van der Waals surface area contributed by atoms with E-state index >= 15 is 0 Å². The van der Waals surface area contributed by atoms with Crippen LogP contribution in [-0.4, -0.2) is 32.8 Å². The molecule has 3 rings (SSSR count). The third-order valence-corrected chi connectivity index (χ3v) is 3.84. The normalized spacial score (nSPS) is 16.9. The lowest BCUT2D eigenvalue weighted by Gasteiger charge is -2.34. The van der Waals surface area contributed by atoms with E-state index in [1.165, 1.54) is 6.07 Å². The average Bonchev–Trinajstić information content (AvgIpc) is 2.91. The molecule has 2 aromatic rings. The first-order chi connectivity index (χ1) is 9.69. The van der Waals surface area contributed by atoms with Gasteiger partial charge in [0, 0.05) is 25.2 Å². The molecule has 1 aromatic heterocycles. The van der Waals surface area contributed by atoms with E-state index in [4.69, 9.17) is 5.73 Å². The molecule has 1 atom stereocenters. The van der Waals surface area contributed by atoms with Crippen LogP contribution in [0.1, 0.15) is 23.0 Å². The number of halogens is 1. The van der Waals surface area contributed by atoms with Gasteiger partial charge in [0.25, 0.3) is 0 Å². The van der Waals surface area contributed by atoms with Gasteiger partial charge in [0.15, 0.2) is 0 Å². The van der Waals surface area contributed by atoms with E-state index in [9.17, 15) is 4.39 Å². The highest BCUT2D eigenvalue weighted by atomic mass is 19.1. The van der Waals surface area contributed by atoms with Crippen molar-refractivity contribution in [3.05, 3.63) is 47.3 Å². The monoisotopic (exact) mass is 275 g/mol. The molecule has 0 amide bonds. The van der Waals surface area contributed by atoms with Crippen molar-refractivity contribution in [2.24, 2.45) is 5.73 Å². The van der Waals surface area contributed by atoms with E-state index < -0.39 is 0 Å². The van der Waals surface area contributed by atoms with Crippen molar-refractivity contribution < 1.29 is 4.39 Å². The molecule has 2 N–H and O–H groups in total. The molecule has 0 radical (unpaired) electrons. The third-order valence-electron chi connectivity index (χ3n) is 3.84. The molecule has 20 heavy (non-hydrogen) atoms. The van der Waals surface area contributed by atoms with Crippen molar-refractivity contribution in [3.8, 4) is 0 Å². The maximum atomic E-state index is 14.1. The Hall–Kier alpha value is -1.79. The second kappa shape index (κ2) is 5.30. The molecular formula is C14H18FN5. The summed E-state index contributed by atoms with van der Waals surface area (Å²) in [6.07, 6.45) is 1.73. The van der Waals surface area contributed by atoms with Gasteiger partial charge in [-0.3, -0.25) is 4.90 Å². The zero-order chi connectivity index (χ0) is 14.1. The first-order valence-corrected chi connectivity index (χ1v) is 6.76. The van der Waals surface area contributed by atoms with Crippen molar-refractivity contribution >= 4 is 0 Å². The summed E-state index contributed by atoms with van der Waals surface area (Å²) in [5, 5.41) is 8.00. The molecular weight excluding hydrogens is 257 g/mol. The quantitative estimate of drug-likeness (QED) is 0.915. The summed E-state index contributed by atoms with van der Waals surface area (Å²) in [7, 11) is 0. The lowest BCUT2D eigenvalue weighted by molar-refractivity contribution is 0.153. The topological polar surface area (TPSA) is 60.0 Å². The van der Waals surface area contributed by atoms with Crippen molar-refractivity contribution in [1.82, 2.24) is 19.7 Å². The standard InChI is InChI=1S/C14H18FN5/c1-10-2-3-12(15)11(6-10)13(7-16)19-4-5-20-9-17-18-14(20)8-19/h2-3,6,9,13H,4-5,7-8,16H2,1H3. The second-order valence-corrected chi connectivity index (χ2v) is 5.19. The fraction of sp³-hybridized carbons (Fsp3) is 0.429. The zero-order valence-corrected chi connectivity index (χ0v) is 11.5. The predicted molar refractivity (Wildman–Crippen MR) is 73.4 cm³/mol. The number of aryl methyl sites for hydroxylation is 1. The summed E-state index contributed by atoms with van der Waals surface area (Å²) >= 11 is 0. The molecule has 6 heteroatoms. The van der Waals surface area contributed by atoms with Crippen LogP contribution < -0.4 is 5.73 Å². The lowest BCUT2D eigenvalue weighted by Crippen LogP contribution is -2.40. The van der Waals surface area contributed by atoms with Gasteiger partial charge in [0.2, 0.25) is 0 Å². The largest absolute Gasteiger partial charge is 0.329 e. The lowest BCUT2D eigenvalue weighted by atomic mass is 10.0. The number of fused-ring (bicyclic) bond motifs is 1. The Morgan fingerprint density at radius 3 is 3.05 bits per heavy atom. The van der Waals surface area contributed by atoms with Crippen LogP contribution in [0, 0.1) is 12.7 Å². The number of nitrogens with two attached hydrogens (primary N) is 1. The maximum Gasteiger partial charge on any atom is 0.147 e. The van der Waals surface area contributed by atoms with E-state index in [1.54, 1.807) is 12.4 Å². The van der Waals surface area contributed by atoms with Crippen molar-refractivity contribution in [3.63, 3.8) is 0 Å². The molecule has 1 unspecified atom stereocenters. The minimum Gasteiger partial charge on any atom is -0.329 e. The van der Waals surface area contributed by atoms with Crippen LogP contribution in [0.4, 0.5) is 4.39 Å². The number of benzene rings is 1. The molecule has 0 bridgehead atoms. The average molecular weight is 275 g/mol. The van der Waals surface area contributed by atoms with Gasteiger partial charge in [0.1, 0.15) is 18.0 Å². The van der Waals surface area contributed by atoms with Gasteiger partial charge < -0.3 is 10.3 Å². The summed E-state index contributed by atoms with van der Waals surface area (Å²) in [4.78, 5) is 2.17. The predicted octanol–water partition coefficient (Wildman–Crippen LogP) is 1.24. The number of hydrogen-bond acceptors (Lipinski definition) is 4. The molecule has 1 aromatic carbocycles. The molecule has 0 aliphatic carbocycles. The second-order valence-electron chi connectivity index (χ2n) is 5.19. The minimum absolute atomic E-state index is 0.125. The van der Waals surface area contributed by atoms with Gasteiger partial charge >= 0.3 is 0 Å². The summed E-state index contributed by atoms with van der Waals surface area (Å²) in [5.41, 5.74) is 7.61. The Kier molecular flexibility index (Phi) is 3.50. The molecule has 0 saturated carbocycles. The SMILES string of the molecule is Cc1ccc(F)c(C(CN)N2CCn3cnnc3C2)c1. The number of nitrogens with zero attached hydrogens (tertiary/aromatic N) is 4. The van der Waals surface area contributed by atoms with E-state index in [0.717, 1.165) is 24.5 Å². The van der Waals surface area contributed by atoms with Gasteiger partial charge in [-0.2, -0.15) is 0 Å². The fourth-order valence-corrected chi connectivity index (χ4v) is 2.74. The summed E-state index contributed by atoms with van der Waals surface area (Å²) in [5.74, 6) is 0.709. The molecule has 1 aliphatic heterocycles. The molecule has 5 nitrogen and oxygen atoms in total. The van der Waals surface area contributed by atoms with Crippen LogP contribution >= 0.6 is 0 Å². The van der Waals surface area contributed by atoms with E-state index in [1.807, 2.05) is 17.6 Å². The Morgan fingerprint density at radius 1 is 1.40 bits per heavy atom. The highest BCUT2D eigenvalue weighted by molar-refractivity contribution is 5.27. The highest BCUT2D eigenvalue weighted by Gasteiger charge is 2.26. The Labute approximate surface area is 117 Å². The van der Waals surface area contributed by atoms with Crippen LogP contribution in [0.5, 0.6) is 0 Å². The van der Waals surface area contributed by atoms with Gasteiger partial charge in [-0.25, -0.2) is 4.39 Å². The van der Waals surface area contributed by atoms with Gasteiger partial charge in [-0.15, -0.1) is 10.2 Å². The van der Waals surface area contributed by atoms with E-state index in [0.29, 0.717) is 18.7 Å². The molecule has 2 heterocycles. The summed E-state index contributed by atoms with van der Waals surface area (Å²) in [6.45, 7) is 4.62. The van der Waals surface area contributed by atoms with Crippen molar-refractivity contribution in [1.29, 1.82) is 0 Å². The van der Waals surface area contributed by atoms with Crippen LogP contribution in [0.2, 0.25) is 0 Å². The summed E-state index contributed by atoms with van der Waals surface area (Å²) in [6, 6.07) is 5.05. The van der Waals surface area contributed by atoms with Gasteiger partial charge in [-0.1, -0.05) is 17.7 Å². The third kappa shape index (κ3) is 2.32. The fourth-order valence-electron chi connectivity index (χ4n) is 2.74. The smallest absolute Gasteiger partial charge is 0.147 e. The highest BCUT2D eigenvalue weighted by Crippen LogP contribution is 2.26. The molecule has 0 fully saturated rings. The van der Waals surface area contributed by atoms with Crippen molar-refractivity contribution in [2.75, 3.05) is 13.1 Å². The van der Waals surface area contributed by atoms with Gasteiger partial charge in [-0.05, 0) is 13.0 Å². The number of hydrogen-bond donors (Lipinski definition) is 1. The molecule has 106 valence electrons. The number of aromatic nitrogens is 3. The van der Waals surface area contributed by atoms with Crippen LogP contribution in [-0.2, 0) is 13.1 Å². The Morgan fingerprint density at radius 2 is 2.25 bits per heavy atom. The molecule has 0 saturated heterocycles. The summed E-state index contributed by atoms with van der Waals surface area (Å²) < 4.78 is 16.1. The molecule has 0 spiro atoms.